The van der Waals surface area contributed by atoms with Gasteiger partial charge < -0.3 is 19.9 Å². The second kappa shape index (κ2) is 9.34. The van der Waals surface area contributed by atoms with Gasteiger partial charge in [0.1, 0.15) is 17.1 Å². The Hall–Kier alpha value is -3.21. The molecule has 3 aromatic rings. The van der Waals surface area contributed by atoms with E-state index in [1.807, 2.05) is 13.8 Å². The molecule has 4 N–H and O–H groups in total. The summed E-state index contributed by atoms with van der Waals surface area (Å²) in [6, 6.07) is 7.59. The summed E-state index contributed by atoms with van der Waals surface area (Å²) < 4.78 is 57.8. The third-order valence-corrected chi connectivity index (χ3v) is 8.16. The Morgan fingerprint density at radius 2 is 1.97 bits per heavy atom. The zero-order valence-electron chi connectivity index (χ0n) is 19.8. The lowest BCUT2D eigenvalue weighted by Gasteiger charge is -2.24. The van der Waals surface area contributed by atoms with Gasteiger partial charge in [0.05, 0.1) is 22.8 Å². The van der Waals surface area contributed by atoms with Crippen molar-refractivity contribution in [2.45, 2.75) is 33.2 Å². The molecule has 0 radical (unpaired) electrons. The van der Waals surface area contributed by atoms with Crippen LogP contribution in [0.3, 0.4) is 0 Å². The molecule has 0 bridgehead atoms. The average molecular weight is 537 g/mol. The number of nitrogens with one attached hydrogen (secondary N) is 2. The average Bonchev–Trinajstić information content (AvgIpc) is 2.78. The first kappa shape index (κ1) is 25.9. The van der Waals surface area contributed by atoms with Crippen molar-refractivity contribution in [3.8, 4) is 5.75 Å². The monoisotopic (exact) mass is 536 g/mol. The Morgan fingerprint density at radius 1 is 1.25 bits per heavy atom. The molecular weight excluding hydrogens is 510 g/mol. The highest BCUT2D eigenvalue weighted by molar-refractivity contribution is 7.92. The third kappa shape index (κ3) is 5.02. The number of anilines is 2. The molecular formula is C23H26FN4O6PS. The van der Waals surface area contributed by atoms with E-state index in [1.54, 1.807) is 0 Å². The number of hydrogen-bond donors (Lipinski definition) is 4. The number of fused-ring (bicyclic) bond motifs is 2. The maximum Gasteiger partial charge on any atom is 0.346 e. The Kier molecular flexibility index (Phi) is 6.72. The highest BCUT2D eigenvalue weighted by Gasteiger charge is 2.33. The topological polar surface area (TPSA) is 150 Å². The van der Waals surface area contributed by atoms with Gasteiger partial charge in [-0.15, -0.1) is 0 Å². The van der Waals surface area contributed by atoms with Crippen LogP contribution in [0.4, 0.5) is 15.8 Å². The third-order valence-electron chi connectivity index (χ3n) is 6.08. The summed E-state index contributed by atoms with van der Waals surface area (Å²) in [7, 11) is -8.13. The lowest BCUT2D eigenvalue weighted by Crippen LogP contribution is -2.33. The highest BCUT2D eigenvalue weighted by Crippen LogP contribution is 2.47. The van der Waals surface area contributed by atoms with Crippen LogP contribution in [0.5, 0.6) is 5.75 Å². The molecule has 0 amide bonds. The van der Waals surface area contributed by atoms with E-state index < -0.39 is 34.7 Å². The van der Waals surface area contributed by atoms with Crippen LogP contribution in [-0.2, 0) is 21.1 Å². The SMILES string of the molecule is CCC(C)CCn1c(=O)c(C2=NP(=O)(O)c3cc(NS(C)(=O)=O)ccc3N2)c(O)c2cc(F)ccc21. The van der Waals surface area contributed by atoms with Gasteiger partial charge in [-0.25, -0.2) is 12.8 Å². The Labute approximate surface area is 207 Å². The number of amidine groups is 1. The van der Waals surface area contributed by atoms with E-state index in [0.29, 0.717) is 17.9 Å². The number of rotatable bonds is 7. The van der Waals surface area contributed by atoms with Crippen LogP contribution in [0.25, 0.3) is 10.9 Å². The van der Waals surface area contributed by atoms with Crippen LogP contribution in [0.15, 0.2) is 46.0 Å². The van der Waals surface area contributed by atoms with Crippen molar-refractivity contribution < 1.29 is 27.4 Å². The van der Waals surface area contributed by atoms with Gasteiger partial charge in [0, 0.05) is 17.6 Å². The molecule has 0 aliphatic carbocycles. The van der Waals surface area contributed by atoms with E-state index >= 15 is 0 Å². The Balaban J connectivity index is 1.89. The van der Waals surface area contributed by atoms with Crippen molar-refractivity contribution in [2.24, 2.45) is 10.7 Å². The normalized spacial score (nSPS) is 18.3. The fourth-order valence-electron chi connectivity index (χ4n) is 4.01. The van der Waals surface area contributed by atoms with Gasteiger partial charge in [0.2, 0.25) is 10.0 Å². The molecule has 2 heterocycles. The molecule has 36 heavy (non-hydrogen) atoms. The number of sulfonamides is 1. The molecule has 4 rings (SSSR count). The first-order valence-corrected chi connectivity index (χ1v) is 14.7. The Morgan fingerprint density at radius 3 is 2.64 bits per heavy atom. The maximum atomic E-state index is 14.1. The van der Waals surface area contributed by atoms with E-state index in [1.165, 1.54) is 34.9 Å². The van der Waals surface area contributed by atoms with Gasteiger partial charge >= 0.3 is 7.52 Å². The van der Waals surface area contributed by atoms with Crippen LogP contribution >= 0.6 is 7.52 Å². The van der Waals surface area contributed by atoms with Gasteiger partial charge in [-0.2, -0.15) is 4.76 Å². The first-order valence-electron chi connectivity index (χ1n) is 11.2. The summed E-state index contributed by atoms with van der Waals surface area (Å²) in [5, 5.41) is 13.7. The van der Waals surface area contributed by atoms with Gasteiger partial charge in [-0.1, -0.05) is 20.3 Å². The second-order valence-corrected chi connectivity index (χ2v) is 12.4. The molecule has 0 saturated carbocycles. The largest absolute Gasteiger partial charge is 0.506 e. The van der Waals surface area contributed by atoms with E-state index in [4.69, 9.17) is 0 Å². The van der Waals surface area contributed by atoms with E-state index in [2.05, 4.69) is 14.8 Å². The van der Waals surface area contributed by atoms with E-state index in [-0.39, 0.29) is 40.0 Å². The number of nitrogens with zero attached hydrogens (tertiary/aromatic N) is 2. The number of pyridine rings is 1. The van der Waals surface area contributed by atoms with Gasteiger partial charge in [0.15, 0.2) is 5.84 Å². The van der Waals surface area contributed by atoms with E-state index in [9.17, 15) is 32.2 Å². The number of aromatic nitrogens is 1. The molecule has 0 saturated heterocycles. The molecule has 0 fully saturated rings. The number of halogens is 1. The van der Waals surface area contributed by atoms with Crippen molar-refractivity contribution in [3.63, 3.8) is 0 Å². The van der Waals surface area contributed by atoms with Crippen molar-refractivity contribution in [3.05, 3.63) is 58.1 Å². The summed E-state index contributed by atoms with van der Waals surface area (Å²) in [5.41, 5.74) is -0.529. The van der Waals surface area contributed by atoms with Gasteiger partial charge in [0.25, 0.3) is 5.56 Å². The zero-order chi connectivity index (χ0) is 26.4. The van der Waals surface area contributed by atoms with Crippen LogP contribution < -0.4 is 20.9 Å². The van der Waals surface area contributed by atoms with E-state index in [0.717, 1.165) is 18.7 Å². The number of aryl methyl sites for hydroxylation is 1. The predicted molar refractivity (Wildman–Crippen MR) is 138 cm³/mol. The van der Waals surface area contributed by atoms with Crippen LogP contribution in [-0.4, -0.2) is 35.1 Å². The van der Waals surface area contributed by atoms with Crippen molar-refractivity contribution in [2.75, 3.05) is 16.3 Å². The quantitative estimate of drug-likeness (QED) is 0.338. The standard InChI is InChI=1S/C23H26FN4O6PS/c1-4-13(2)9-10-28-18-8-5-14(24)11-16(18)21(29)20(23(28)30)22-25-17-7-6-15(27-36(3,33)34)12-19(17)35(31,32)26-22/h5-8,11-13,27,29H,4,9-10H2,1-3H3,(H2,25,26,31,32). The van der Waals surface area contributed by atoms with Crippen LogP contribution in [0.2, 0.25) is 0 Å². The van der Waals surface area contributed by atoms with Crippen molar-refractivity contribution in [1.29, 1.82) is 0 Å². The van der Waals surface area contributed by atoms with Crippen molar-refractivity contribution in [1.82, 2.24) is 4.57 Å². The predicted octanol–water partition coefficient (Wildman–Crippen LogP) is 3.34. The lowest BCUT2D eigenvalue weighted by atomic mass is 10.0. The minimum Gasteiger partial charge on any atom is -0.506 e. The molecule has 2 atom stereocenters. The van der Waals surface area contributed by atoms with Crippen molar-refractivity contribution >= 4 is 51.0 Å². The minimum atomic E-state index is -4.49. The summed E-state index contributed by atoms with van der Waals surface area (Å²) in [6.45, 7) is 4.34. The summed E-state index contributed by atoms with van der Waals surface area (Å²) in [5.74, 6) is -1.24. The molecule has 1 aliphatic rings. The summed E-state index contributed by atoms with van der Waals surface area (Å²) >= 11 is 0. The fourth-order valence-corrected chi connectivity index (χ4v) is 5.85. The Bertz CT molecular complexity index is 1620. The molecule has 2 unspecified atom stereocenters. The molecule has 2 aromatic carbocycles. The fraction of sp³-hybridized carbons (Fsp3) is 0.304. The first-order chi connectivity index (χ1) is 16.8. The second-order valence-electron chi connectivity index (χ2n) is 8.87. The molecule has 192 valence electrons. The van der Waals surface area contributed by atoms with Gasteiger partial charge in [-0.3, -0.25) is 14.1 Å². The van der Waals surface area contributed by atoms with Crippen LogP contribution in [0, 0.1) is 11.7 Å². The van der Waals surface area contributed by atoms with Gasteiger partial charge in [-0.05, 0) is 48.7 Å². The lowest BCUT2D eigenvalue weighted by molar-refractivity contribution is 0.460. The van der Waals surface area contributed by atoms with Crippen LogP contribution in [0.1, 0.15) is 32.3 Å². The molecule has 1 aromatic heterocycles. The number of hydrogen-bond acceptors (Lipinski definition) is 6. The molecule has 0 spiro atoms. The highest BCUT2D eigenvalue weighted by atomic mass is 32.2. The molecule has 13 heteroatoms. The minimum absolute atomic E-state index is 0.0578. The molecule has 1 aliphatic heterocycles. The smallest absolute Gasteiger partial charge is 0.346 e. The number of aromatic hydroxyl groups is 1. The maximum absolute atomic E-state index is 14.1. The summed E-state index contributed by atoms with van der Waals surface area (Å²) in [4.78, 5) is 24.3. The summed E-state index contributed by atoms with van der Waals surface area (Å²) in [6.07, 6.45) is 2.47. The number of benzene rings is 2. The molecule has 10 nitrogen and oxygen atoms in total. The zero-order valence-corrected chi connectivity index (χ0v) is 21.5.